The topological polar surface area (TPSA) is 58.6 Å². The van der Waals surface area contributed by atoms with Crippen LogP contribution in [0.2, 0.25) is 0 Å². The van der Waals surface area contributed by atoms with Crippen molar-refractivity contribution in [2.24, 2.45) is 0 Å². The predicted octanol–water partition coefficient (Wildman–Crippen LogP) is 3.21. The molecule has 0 heterocycles. The summed E-state index contributed by atoms with van der Waals surface area (Å²) in [6.07, 6.45) is 7.37. The van der Waals surface area contributed by atoms with Gasteiger partial charge in [-0.15, -0.1) is 0 Å². The summed E-state index contributed by atoms with van der Waals surface area (Å²) in [5.41, 5.74) is -0.796. The molecule has 0 aliphatic heterocycles. The highest BCUT2D eigenvalue weighted by Gasteiger charge is 2.30. The van der Waals surface area contributed by atoms with Crippen molar-refractivity contribution in [1.82, 2.24) is 5.32 Å². The molecule has 2 N–H and O–H groups in total. The van der Waals surface area contributed by atoms with E-state index in [0.29, 0.717) is 13.0 Å². The van der Waals surface area contributed by atoms with Crippen molar-refractivity contribution in [3.63, 3.8) is 0 Å². The molecule has 19 heavy (non-hydrogen) atoms. The van der Waals surface area contributed by atoms with Crippen molar-refractivity contribution in [2.45, 2.75) is 71.3 Å². The molecule has 0 amide bonds. The van der Waals surface area contributed by atoms with E-state index in [0.717, 1.165) is 32.5 Å². The highest BCUT2D eigenvalue weighted by molar-refractivity contribution is 5.78. The van der Waals surface area contributed by atoms with Gasteiger partial charge in [0.15, 0.2) is 0 Å². The van der Waals surface area contributed by atoms with Crippen molar-refractivity contribution in [1.29, 1.82) is 0 Å². The first-order valence-corrected chi connectivity index (χ1v) is 7.63. The Morgan fingerprint density at radius 2 is 1.74 bits per heavy atom. The molecule has 0 saturated carbocycles. The maximum atomic E-state index is 11.2. The first kappa shape index (κ1) is 18.4. The quantitative estimate of drug-likeness (QED) is 0.506. The van der Waals surface area contributed by atoms with E-state index in [-0.39, 0.29) is 0 Å². The third kappa shape index (κ3) is 9.00. The van der Waals surface area contributed by atoms with Crippen LogP contribution in [0.15, 0.2) is 0 Å². The van der Waals surface area contributed by atoms with Crippen molar-refractivity contribution in [2.75, 3.05) is 19.8 Å². The summed E-state index contributed by atoms with van der Waals surface area (Å²) < 4.78 is 5.55. The van der Waals surface area contributed by atoms with E-state index in [1.807, 2.05) is 6.92 Å². The molecule has 0 rings (SSSR count). The lowest BCUT2D eigenvalue weighted by Gasteiger charge is -2.25. The van der Waals surface area contributed by atoms with E-state index in [1.165, 1.54) is 19.3 Å². The van der Waals surface area contributed by atoms with Gasteiger partial charge in [0, 0.05) is 13.2 Å². The number of ether oxygens (including phenoxy) is 1. The lowest BCUT2D eigenvalue weighted by Crippen LogP contribution is -2.49. The molecule has 114 valence electrons. The van der Waals surface area contributed by atoms with Crippen LogP contribution in [0.4, 0.5) is 0 Å². The Hall–Kier alpha value is -0.610. The van der Waals surface area contributed by atoms with E-state index >= 15 is 0 Å². The fraction of sp³-hybridized carbons (Fsp3) is 0.933. The third-order valence-electron chi connectivity index (χ3n) is 3.40. The maximum absolute atomic E-state index is 11.2. The summed E-state index contributed by atoms with van der Waals surface area (Å²) >= 11 is 0. The zero-order valence-corrected chi connectivity index (χ0v) is 12.8. The van der Waals surface area contributed by atoms with Gasteiger partial charge in [0.25, 0.3) is 0 Å². The van der Waals surface area contributed by atoms with E-state index in [9.17, 15) is 9.90 Å². The number of hydrogen-bond acceptors (Lipinski definition) is 3. The normalized spacial score (nSPS) is 14.3. The number of hydrogen-bond donors (Lipinski definition) is 2. The Morgan fingerprint density at radius 1 is 1.11 bits per heavy atom. The van der Waals surface area contributed by atoms with E-state index in [2.05, 4.69) is 12.2 Å². The number of unbranched alkanes of at least 4 members (excludes halogenated alkanes) is 4. The van der Waals surface area contributed by atoms with Gasteiger partial charge in [0.05, 0.1) is 0 Å². The number of carboxylic acids is 1. The summed E-state index contributed by atoms with van der Waals surface area (Å²) in [7, 11) is 0. The van der Waals surface area contributed by atoms with Crippen molar-refractivity contribution in [3.05, 3.63) is 0 Å². The molecule has 0 saturated heterocycles. The van der Waals surface area contributed by atoms with Gasteiger partial charge in [-0.1, -0.05) is 33.1 Å². The summed E-state index contributed by atoms with van der Waals surface area (Å²) in [6.45, 7) is 8.14. The third-order valence-corrected chi connectivity index (χ3v) is 3.40. The van der Waals surface area contributed by atoms with Crippen LogP contribution in [-0.2, 0) is 9.53 Å². The van der Waals surface area contributed by atoms with Crippen LogP contribution in [0.3, 0.4) is 0 Å². The number of nitrogens with one attached hydrogen (secondary N) is 1. The average molecular weight is 273 g/mol. The summed E-state index contributed by atoms with van der Waals surface area (Å²) in [5, 5.41) is 12.2. The molecule has 0 aromatic heterocycles. The van der Waals surface area contributed by atoms with Crippen molar-refractivity contribution < 1.29 is 14.6 Å². The van der Waals surface area contributed by atoms with Crippen LogP contribution in [0.25, 0.3) is 0 Å². The highest BCUT2D eigenvalue weighted by atomic mass is 16.5. The van der Waals surface area contributed by atoms with Gasteiger partial charge in [-0.2, -0.15) is 0 Å². The van der Waals surface area contributed by atoms with E-state index < -0.39 is 11.5 Å². The minimum absolute atomic E-state index is 0.648. The van der Waals surface area contributed by atoms with Crippen LogP contribution < -0.4 is 5.32 Å². The zero-order valence-electron chi connectivity index (χ0n) is 12.8. The molecule has 0 aliphatic carbocycles. The minimum Gasteiger partial charge on any atom is -0.480 e. The average Bonchev–Trinajstić information content (AvgIpc) is 2.37. The first-order valence-electron chi connectivity index (χ1n) is 7.63. The second-order valence-corrected chi connectivity index (χ2v) is 5.30. The Bertz CT molecular complexity index is 233. The lowest BCUT2D eigenvalue weighted by molar-refractivity contribution is -0.144. The van der Waals surface area contributed by atoms with Crippen molar-refractivity contribution >= 4 is 5.97 Å². The van der Waals surface area contributed by atoms with Gasteiger partial charge in [0.1, 0.15) is 5.54 Å². The maximum Gasteiger partial charge on any atom is 0.323 e. The van der Waals surface area contributed by atoms with Crippen molar-refractivity contribution in [3.8, 4) is 0 Å². The van der Waals surface area contributed by atoms with E-state index in [1.54, 1.807) is 6.92 Å². The van der Waals surface area contributed by atoms with E-state index in [4.69, 9.17) is 4.74 Å². The first-order chi connectivity index (χ1) is 9.06. The van der Waals surface area contributed by atoms with Crippen LogP contribution in [0, 0.1) is 0 Å². The van der Waals surface area contributed by atoms with Crippen LogP contribution in [-0.4, -0.2) is 36.4 Å². The second kappa shape index (κ2) is 11.2. The molecule has 1 atom stereocenters. The molecule has 0 aromatic rings. The van der Waals surface area contributed by atoms with Gasteiger partial charge in [0.2, 0.25) is 0 Å². The summed E-state index contributed by atoms with van der Waals surface area (Å²) in [6, 6.07) is 0. The number of aliphatic carboxylic acids is 1. The number of rotatable bonds is 13. The highest BCUT2D eigenvalue weighted by Crippen LogP contribution is 2.14. The van der Waals surface area contributed by atoms with Gasteiger partial charge < -0.3 is 15.2 Å². The molecular formula is C15H31NO3. The molecule has 4 heteroatoms. The molecule has 1 unspecified atom stereocenters. The predicted molar refractivity (Wildman–Crippen MR) is 78.5 cm³/mol. The molecular weight excluding hydrogens is 242 g/mol. The molecule has 0 aliphatic rings. The molecule has 0 radical (unpaired) electrons. The zero-order chi connectivity index (χ0) is 14.6. The smallest absolute Gasteiger partial charge is 0.323 e. The fourth-order valence-electron chi connectivity index (χ4n) is 2.08. The number of carbonyl (C=O) groups is 1. The molecule has 0 aromatic carbocycles. The van der Waals surface area contributed by atoms with Crippen LogP contribution in [0.1, 0.15) is 65.7 Å². The van der Waals surface area contributed by atoms with Gasteiger partial charge in [-0.25, -0.2) is 0 Å². The molecule has 0 fully saturated rings. The Morgan fingerprint density at radius 3 is 2.26 bits per heavy atom. The lowest BCUT2D eigenvalue weighted by atomic mass is 9.95. The largest absolute Gasteiger partial charge is 0.480 e. The molecule has 4 nitrogen and oxygen atoms in total. The van der Waals surface area contributed by atoms with Gasteiger partial charge in [-0.3, -0.25) is 4.79 Å². The Labute approximate surface area is 117 Å². The molecule has 0 bridgehead atoms. The monoisotopic (exact) mass is 273 g/mol. The minimum atomic E-state index is -0.796. The fourth-order valence-corrected chi connectivity index (χ4v) is 2.08. The van der Waals surface area contributed by atoms with Gasteiger partial charge in [-0.05, 0) is 39.2 Å². The standard InChI is InChI=1S/C15H31NO3/c1-4-6-7-9-12-19-13-10-8-11-15(3,14(17)18)16-5-2/h16H,4-13H2,1-3H3,(H,17,18). The second-order valence-electron chi connectivity index (χ2n) is 5.30. The van der Waals surface area contributed by atoms with Crippen LogP contribution in [0.5, 0.6) is 0 Å². The van der Waals surface area contributed by atoms with Gasteiger partial charge >= 0.3 is 5.97 Å². The molecule has 0 spiro atoms. The Kier molecular flexibility index (Phi) is 10.9. The number of likely N-dealkylation sites (N-methyl/N-ethyl adjacent to an activating group) is 1. The summed E-state index contributed by atoms with van der Waals surface area (Å²) in [5.74, 6) is -0.769. The Balaban J connectivity index is 3.53. The van der Waals surface area contributed by atoms with Crippen LogP contribution >= 0.6 is 0 Å². The SMILES string of the molecule is CCCCCCOCCCCC(C)(NCC)C(=O)O. The summed E-state index contributed by atoms with van der Waals surface area (Å²) in [4.78, 5) is 11.2. The number of carboxylic acid groups (broad SMARTS) is 1.